The van der Waals surface area contributed by atoms with Gasteiger partial charge in [-0.25, -0.2) is 0 Å². The summed E-state index contributed by atoms with van der Waals surface area (Å²) in [7, 11) is 1.39. The first-order chi connectivity index (χ1) is 8.54. The van der Waals surface area contributed by atoms with E-state index < -0.39 is 4.92 Å². The fourth-order valence-electron chi connectivity index (χ4n) is 2.28. The van der Waals surface area contributed by atoms with E-state index in [0.29, 0.717) is 30.4 Å². The van der Waals surface area contributed by atoms with Crippen LogP contribution in [0.15, 0.2) is 6.07 Å². The molecule has 0 bridgehead atoms. The molecule has 0 amide bonds. The molecule has 0 aliphatic heterocycles. The molecule has 5 nitrogen and oxygen atoms in total. The Morgan fingerprint density at radius 1 is 1.39 bits per heavy atom. The molecule has 0 saturated heterocycles. The van der Waals surface area contributed by atoms with Crippen molar-refractivity contribution in [1.29, 1.82) is 0 Å². The largest absolute Gasteiger partial charge is 0.490 e. The monoisotopic (exact) mass is 269 g/mol. The highest BCUT2D eigenvalue weighted by atomic mass is 35.5. The predicted molar refractivity (Wildman–Crippen MR) is 66.3 cm³/mol. The molecule has 96 valence electrons. The van der Waals surface area contributed by atoms with Crippen LogP contribution in [0.25, 0.3) is 0 Å². The molecule has 0 unspecified atom stereocenters. The molecule has 1 aromatic rings. The summed E-state index contributed by atoms with van der Waals surface area (Å²) in [6, 6.07) is 1.26. The number of halogens is 1. The van der Waals surface area contributed by atoms with E-state index in [1.54, 1.807) is 0 Å². The van der Waals surface area contributed by atoms with E-state index in [9.17, 15) is 14.9 Å². The first-order valence-corrected chi connectivity index (χ1v) is 5.96. The summed E-state index contributed by atoms with van der Waals surface area (Å²) in [5, 5.41) is 11.2. The lowest BCUT2D eigenvalue weighted by Crippen LogP contribution is -2.04. The van der Waals surface area contributed by atoms with Crippen LogP contribution in [0.3, 0.4) is 0 Å². The Kier molecular flexibility index (Phi) is 3.52. The molecule has 2 rings (SSSR count). The van der Waals surface area contributed by atoms with E-state index in [4.69, 9.17) is 16.3 Å². The molecule has 1 aliphatic rings. The number of rotatable bonds is 2. The summed E-state index contributed by atoms with van der Waals surface area (Å²) in [6.45, 7) is 0. The first kappa shape index (κ1) is 12.8. The number of nitrogens with zero attached hydrogens (tertiary/aromatic N) is 1. The Morgan fingerprint density at radius 3 is 2.72 bits per heavy atom. The molecule has 0 spiro atoms. The minimum absolute atomic E-state index is 0.103. The lowest BCUT2D eigenvalue weighted by atomic mass is 10.0. The molecular weight excluding hydrogens is 258 g/mol. The molecule has 0 fully saturated rings. The number of nitro benzene ring substituents is 1. The maximum atomic E-state index is 11.6. The average Bonchev–Trinajstić information content (AvgIpc) is 2.51. The summed E-state index contributed by atoms with van der Waals surface area (Å²) < 4.78 is 5.14. The summed E-state index contributed by atoms with van der Waals surface area (Å²) in [5.74, 6) is 0.334. The van der Waals surface area contributed by atoms with Crippen molar-refractivity contribution in [3.8, 4) is 5.75 Å². The van der Waals surface area contributed by atoms with Crippen LogP contribution in [0.5, 0.6) is 5.75 Å². The van der Waals surface area contributed by atoms with Gasteiger partial charge in [0.25, 0.3) is 0 Å². The van der Waals surface area contributed by atoms with Gasteiger partial charge >= 0.3 is 5.69 Å². The second-order valence-corrected chi connectivity index (χ2v) is 4.60. The smallest absolute Gasteiger partial charge is 0.312 e. The molecule has 1 aliphatic carbocycles. The van der Waals surface area contributed by atoms with Crippen molar-refractivity contribution in [3.63, 3.8) is 0 Å². The van der Waals surface area contributed by atoms with Crippen molar-refractivity contribution in [2.45, 2.75) is 25.7 Å². The van der Waals surface area contributed by atoms with E-state index in [0.717, 1.165) is 0 Å². The third-order valence-electron chi connectivity index (χ3n) is 3.08. The van der Waals surface area contributed by atoms with Crippen LogP contribution in [0, 0.1) is 10.1 Å². The first-order valence-electron chi connectivity index (χ1n) is 5.59. The average molecular weight is 270 g/mol. The molecule has 0 heterocycles. The third-order valence-corrected chi connectivity index (χ3v) is 3.42. The van der Waals surface area contributed by atoms with Gasteiger partial charge in [-0.3, -0.25) is 14.9 Å². The Morgan fingerprint density at radius 2 is 2.11 bits per heavy atom. The highest BCUT2D eigenvalue weighted by Crippen LogP contribution is 2.40. The van der Waals surface area contributed by atoms with Crippen LogP contribution in [0.2, 0.25) is 5.02 Å². The van der Waals surface area contributed by atoms with Crippen molar-refractivity contribution >= 4 is 23.1 Å². The molecule has 0 saturated carbocycles. The molecule has 6 heteroatoms. The number of fused-ring (bicyclic) bond motifs is 1. The number of Topliss-reactive ketones (excluding diaryl/α,β-unsaturated/α-hetero) is 1. The van der Waals surface area contributed by atoms with Crippen LogP contribution in [-0.4, -0.2) is 17.8 Å². The Labute approximate surface area is 109 Å². The Bertz CT molecular complexity index is 527. The summed E-state index contributed by atoms with van der Waals surface area (Å²) in [6.07, 6.45) is 1.94. The van der Waals surface area contributed by atoms with E-state index in [-0.39, 0.29) is 28.7 Å². The van der Waals surface area contributed by atoms with E-state index >= 15 is 0 Å². The molecule has 0 aromatic heterocycles. The third kappa shape index (κ3) is 2.18. The molecule has 0 radical (unpaired) electrons. The predicted octanol–water partition coefficient (Wildman–Crippen LogP) is 2.70. The molecule has 0 atom stereocenters. The fraction of sp³-hybridized carbons (Fsp3) is 0.417. The number of benzene rings is 1. The zero-order valence-electron chi connectivity index (χ0n) is 9.86. The second-order valence-electron chi connectivity index (χ2n) is 4.19. The number of ketones is 1. The molecule has 1 aromatic carbocycles. The van der Waals surface area contributed by atoms with E-state index in [1.165, 1.54) is 13.2 Å². The topological polar surface area (TPSA) is 69.4 Å². The highest BCUT2D eigenvalue weighted by molar-refractivity contribution is 6.32. The van der Waals surface area contributed by atoms with Gasteiger partial charge in [0.15, 0.2) is 5.75 Å². The molecule has 0 N–H and O–H groups in total. The number of ether oxygens (including phenoxy) is 1. The van der Waals surface area contributed by atoms with Crippen molar-refractivity contribution in [3.05, 3.63) is 32.3 Å². The van der Waals surface area contributed by atoms with Gasteiger partial charge in [0.05, 0.1) is 17.1 Å². The SMILES string of the molecule is COc1c([N+](=O)[O-])cc(Cl)c2c1CCCC(=O)C2. The normalized spacial score (nSPS) is 14.9. The zero-order valence-corrected chi connectivity index (χ0v) is 10.6. The van der Waals surface area contributed by atoms with Crippen LogP contribution in [-0.2, 0) is 17.6 Å². The highest BCUT2D eigenvalue weighted by Gasteiger charge is 2.27. The van der Waals surface area contributed by atoms with E-state index in [2.05, 4.69) is 0 Å². The van der Waals surface area contributed by atoms with Gasteiger partial charge in [0.1, 0.15) is 5.78 Å². The molecule has 18 heavy (non-hydrogen) atoms. The van der Waals surface area contributed by atoms with Crippen LogP contribution in [0.1, 0.15) is 24.0 Å². The Balaban J connectivity index is 2.67. The van der Waals surface area contributed by atoms with Crippen LogP contribution < -0.4 is 4.74 Å². The summed E-state index contributed by atoms with van der Waals surface area (Å²) >= 11 is 6.05. The minimum Gasteiger partial charge on any atom is -0.490 e. The van der Waals surface area contributed by atoms with Crippen molar-refractivity contribution < 1.29 is 14.5 Å². The zero-order chi connectivity index (χ0) is 13.3. The van der Waals surface area contributed by atoms with Gasteiger partial charge in [-0.15, -0.1) is 0 Å². The second kappa shape index (κ2) is 4.94. The quantitative estimate of drug-likeness (QED) is 0.470. The van der Waals surface area contributed by atoms with Crippen LogP contribution in [0.4, 0.5) is 5.69 Å². The maximum Gasteiger partial charge on any atom is 0.312 e. The molecular formula is C12H12ClNO4. The number of carbonyl (C=O) groups is 1. The number of hydrogen-bond acceptors (Lipinski definition) is 4. The van der Waals surface area contributed by atoms with Crippen molar-refractivity contribution in [2.24, 2.45) is 0 Å². The lowest BCUT2D eigenvalue weighted by molar-refractivity contribution is -0.385. The number of carbonyl (C=O) groups excluding carboxylic acids is 1. The van der Waals surface area contributed by atoms with Crippen LogP contribution >= 0.6 is 11.6 Å². The van der Waals surface area contributed by atoms with Gasteiger partial charge < -0.3 is 4.74 Å². The Hall–Kier alpha value is -1.62. The number of methoxy groups -OCH3 is 1. The summed E-state index contributed by atoms with van der Waals surface area (Å²) in [4.78, 5) is 22.0. The van der Waals surface area contributed by atoms with Gasteiger partial charge in [-0.05, 0) is 18.4 Å². The fourth-order valence-corrected chi connectivity index (χ4v) is 2.56. The van der Waals surface area contributed by atoms with Gasteiger partial charge in [0.2, 0.25) is 0 Å². The van der Waals surface area contributed by atoms with Gasteiger partial charge in [-0.2, -0.15) is 0 Å². The van der Waals surface area contributed by atoms with Gasteiger partial charge in [0, 0.05) is 24.5 Å². The minimum atomic E-state index is -0.516. The standard InChI is InChI=1S/C12H12ClNO4/c1-18-12-8-4-2-3-7(15)5-9(8)10(13)6-11(12)14(16)17/h6H,2-5H2,1H3. The van der Waals surface area contributed by atoms with Gasteiger partial charge in [-0.1, -0.05) is 11.6 Å². The van der Waals surface area contributed by atoms with Crippen molar-refractivity contribution in [1.82, 2.24) is 0 Å². The number of hydrogen-bond donors (Lipinski definition) is 0. The maximum absolute atomic E-state index is 11.6. The summed E-state index contributed by atoms with van der Waals surface area (Å²) in [5.41, 5.74) is 1.22. The van der Waals surface area contributed by atoms with E-state index in [1.807, 2.05) is 0 Å². The number of nitro groups is 1. The lowest BCUT2D eigenvalue weighted by Gasteiger charge is -2.12. The van der Waals surface area contributed by atoms with Crippen molar-refractivity contribution in [2.75, 3.05) is 7.11 Å².